The lowest BCUT2D eigenvalue weighted by molar-refractivity contribution is -0.143. The SMILES string of the molecule is CCN(CC1CCCC1)c1nc2ccccc2cc1CN(Cc1cc(C(F)(F)F)cc(C(F)(F)F)c1)/C(=N/N=C(C)C)OC. The first-order valence-electron chi connectivity index (χ1n) is 14.6. The van der Waals surface area contributed by atoms with E-state index in [0.717, 1.165) is 48.0 Å². The van der Waals surface area contributed by atoms with Crippen LogP contribution in [0.1, 0.15) is 68.7 Å². The summed E-state index contributed by atoms with van der Waals surface area (Å²) in [6.07, 6.45) is -5.35. The first-order chi connectivity index (χ1) is 20.8. The molecule has 0 amide bonds. The first kappa shape index (κ1) is 33.1. The number of hydrogen-bond acceptors (Lipinski definition) is 5. The highest BCUT2D eigenvalue weighted by Gasteiger charge is 2.37. The number of aromatic nitrogens is 1. The molecule has 0 N–H and O–H groups in total. The minimum atomic E-state index is -4.97. The molecule has 1 heterocycles. The molecule has 0 aliphatic heterocycles. The van der Waals surface area contributed by atoms with Gasteiger partial charge in [0.05, 0.1) is 30.3 Å². The van der Waals surface area contributed by atoms with Crippen LogP contribution in [-0.4, -0.2) is 41.8 Å². The van der Waals surface area contributed by atoms with Crippen LogP contribution in [-0.2, 0) is 30.2 Å². The third kappa shape index (κ3) is 8.41. The number of nitrogens with zero attached hydrogens (tertiary/aromatic N) is 5. The number of anilines is 1. The van der Waals surface area contributed by atoms with Gasteiger partial charge in [-0.25, -0.2) is 4.98 Å². The number of benzene rings is 2. The van der Waals surface area contributed by atoms with Crippen molar-refractivity contribution in [2.45, 2.75) is 71.9 Å². The maximum Gasteiger partial charge on any atom is 0.416 e. The number of methoxy groups -OCH3 is 1. The van der Waals surface area contributed by atoms with Gasteiger partial charge < -0.3 is 14.5 Å². The van der Waals surface area contributed by atoms with Gasteiger partial charge in [-0.05, 0) is 75.4 Å². The Hall–Kier alpha value is -3.83. The molecule has 44 heavy (non-hydrogen) atoms. The summed E-state index contributed by atoms with van der Waals surface area (Å²) in [6, 6.07) is 11.1. The molecule has 1 aromatic heterocycles. The number of para-hydroxylation sites is 1. The Morgan fingerprint density at radius 2 is 1.55 bits per heavy atom. The quantitative estimate of drug-likeness (QED) is 0.104. The summed E-state index contributed by atoms with van der Waals surface area (Å²) in [5.41, 5.74) is -0.886. The zero-order chi connectivity index (χ0) is 32.1. The molecule has 1 fully saturated rings. The summed E-state index contributed by atoms with van der Waals surface area (Å²) < 4.78 is 87.7. The van der Waals surface area contributed by atoms with E-state index in [2.05, 4.69) is 15.1 Å². The van der Waals surface area contributed by atoms with E-state index < -0.39 is 23.5 Å². The van der Waals surface area contributed by atoms with Crippen LogP contribution in [0.15, 0.2) is 58.7 Å². The molecule has 6 nitrogen and oxygen atoms in total. The number of hydrogen-bond donors (Lipinski definition) is 0. The third-order valence-corrected chi connectivity index (χ3v) is 7.59. The topological polar surface area (TPSA) is 53.3 Å². The molecule has 0 radical (unpaired) electrons. The van der Waals surface area contributed by atoms with Gasteiger partial charge in [-0.2, -0.15) is 31.4 Å². The van der Waals surface area contributed by atoms with Crippen LogP contribution in [0, 0.1) is 5.92 Å². The molecular formula is C32H37F6N5O. The number of halogens is 6. The van der Waals surface area contributed by atoms with E-state index in [1.54, 1.807) is 13.8 Å². The minimum Gasteiger partial charge on any atom is -0.467 e. The molecule has 1 aliphatic rings. The lowest BCUT2D eigenvalue weighted by atomic mass is 10.0. The molecule has 0 unspecified atom stereocenters. The molecule has 12 heteroatoms. The Bertz CT molecular complexity index is 1460. The lowest BCUT2D eigenvalue weighted by Crippen LogP contribution is -2.34. The predicted octanol–water partition coefficient (Wildman–Crippen LogP) is 8.69. The molecule has 0 saturated heterocycles. The van der Waals surface area contributed by atoms with Crippen molar-refractivity contribution in [1.29, 1.82) is 0 Å². The number of rotatable bonds is 9. The van der Waals surface area contributed by atoms with Crippen molar-refractivity contribution in [1.82, 2.24) is 9.88 Å². The van der Waals surface area contributed by atoms with Gasteiger partial charge in [-0.1, -0.05) is 36.1 Å². The van der Waals surface area contributed by atoms with E-state index in [-0.39, 0.29) is 30.7 Å². The van der Waals surface area contributed by atoms with Crippen molar-refractivity contribution in [2.75, 3.05) is 25.1 Å². The highest BCUT2D eigenvalue weighted by atomic mass is 19.4. The van der Waals surface area contributed by atoms with Gasteiger partial charge in [0.25, 0.3) is 0 Å². The minimum absolute atomic E-state index is 0.0386. The number of pyridine rings is 1. The van der Waals surface area contributed by atoms with E-state index in [0.29, 0.717) is 24.0 Å². The second kappa shape index (κ2) is 13.9. The van der Waals surface area contributed by atoms with Gasteiger partial charge in [0.2, 0.25) is 0 Å². The Morgan fingerprint density at radius 3 is 2.11 bits per heavy atom. The van der Waals surface area contributed by atoms with E-state index in [1.807, 2.05) is 37.3 Å². The summed E-state index contributed by atoms with van der Waals surface area (Å²) in [4.78, 5) is 8.68. The molecule has 1 aliphatic carbocycles. The van der Waals surface area contributed by atoms with Crippen LogP contribution in [0.5, 0.6) is 0 Å². The van der Waals surface area contributed by atoms with Crippen molar-refractivity contribution in [3.8, 4) is 0 Å². The maximum atomic E-state index is 13.7. The summed E-state index contributed by atoms with van der Waals surface area (Å²) >= 11 is 0. The zero-order valence-electron chi connectivity index (χ0n) is 25.3. The van der Waals surface area contributed by atoms with Gasteiger partial charge in [0, 0.05) is 36.3 Å². The molecule has 0 bridgehead atoms. The van der Waals surface area contributed by atoms with Crippen LogP contribution in [0.4, 0.5) is 32.2 Å². The highest BCUT2D eigenvalue weighted by Crippen LogP contribution is 2.37. The summed E-state index contributed by atoms with van der Waals surface area (Å²) in [7, 11) is 1.33. The van der Waals surface area contributed by atoms with Crippen LogP contribution in [0.25, 0.3) is 10.9 Å². The standard InChI is InChI=1S/C32H37F6N5O/c1-5-42(18-22-10-6-7-11-22)29-25(16-24-12-8-9-13-28(24)39-29)20-43(30(44-4)41-40-21(2)3)19-23-14-26(31(33,34)35)17-27(15-23)32(36,37)38/h8-9,12-17,22H,5-7,10-11,18-20H2,1-4H3/b41-30-. The Morgan fingerprint density at radius 1 is 0.909 bits per heavy atom. The lowest BCUT2D eigenvalue weighted by Gasteiger charge is -2.30. The van der Waals surface area contributed by atoms with E-state index in [4.69, 9.17) is 9.72 Å². The van der Waals surface area contributed by atoms with Gasteiger partial charge in [0.15, 0.2) is 0 Å². The van der Waals surface area contributed by atoms with Crippen LogP contribution < -0.4 is 4.90 Å². The summed E-state index contributed by atoms with van der Waals surface area (Å²) in [5, 5.41) is 9.05. The van der Waals surface area contributed by atoms with Gasteiger partial charge in [-0.15, -0.1) is 0 Å². The van der Waals surface area contributed by atoms with Crippen LogP contribution >= 0.6 is 0 Å². The number of alkyl halides is 6. The largest absolute Gasteiger partial charge is 0.467 e. The maximum absolute atomic E-state index is 13.7. The van der Waals surface area contributed by atoms with Crippen LogP contribution in [0.2, 0.25) is 0 Å². The molecular weight excluding hydrogens is 584 g/mol. The second-order valence-corrected chi connectivity index (χ2v) is 11.3. The molecule has 0 spiro atoms. The first-order valence-corrected chi connectivity index (χ1v) is 14.6. The van der Waals surface area contributed by atoms with Crippen LogP contribution in [0.3, 0.4) is 0 Å². The number of amidine groups is 1. The fourth-order valence-electron chi connectivity index (χ4n) is 5.51. The molecule has 0 atom stereocenters. The highest BCUT2D eigenvalue weighted by molar-refractivity contribution is 5.83. The number of ether oxygens (including phenoxy) is 1. The van der Waals surface area contributed by atoms with Crippen molar-refractivity contribution in [2.24, 2.45) is 16.1 Å². The Balaban J connectivity index is 1.84. The molecule has 1 saturated carbocycles. The monoisotopic (exact) mass is 621 g/mol. The van der Waals surface area contributed by atoms with Gasteiger partial charge >= 0.3 is 18.4 Å². The summed E-state index contributed by atoms with van der Waals surface area (Å²) in [6.45, 7) is 6.59. The van der Waals surface area contributed by atoms with E-state index in [1.165, 1.54) is 24.9 Å². The fraction of sp³-hybridized carbons (Fsp3) is 0.469. The van der Waals surface area contributed by atoms with Crippen molar-refractivity contribution < 1.29 is 31.1 Å². The Kier molecular flexibility index (Phi) is 10.4. The fourth-order valence-corrected chi connectivity index (χ4v) is 5.51. The molecule has 238 valence electrons. The average Bonchev–Trinajstić information content (AvgIpc) is 3.48. The van der Waals surface area contributed by atoms with Gasteiger partial charge in [-0.3, -0.25) is 0 Å². The van der Waals surface area contributed by atoms with E-state index >= 15 is 0 Å². The average molecular weight is 622 g/mol. The van der Waals surface area contributed by atoms with Crippen molar-refractivity contribution >= 4 is 28.5 Å². The molecule has 2 aromatic carbocycles. The van der Waals surface area contributed by atoms with Crippen molar-refractivity contribution in [3.63, 3.8) is 0 Å². The Labute approximate surface area is 253 Å². The second-order valence-electron chi connectivity index (χ2n) is 11.3. The normalized spacial score (nSPS) is 14.6. The van der Waals surface area contributed by atoms with E-state index in [9.17, 15) is 26.3 Å². The van der Waals surface area contributed by atoms with Gasteiger partial charge in [0.1, 0.15) is 5.82 Å². The molecule has 3 aromatic rings. The smallest absolute Gasteiger partial charge is 0.416 e. The third-order valence-electron chi connectivity index (χ3n) is 7.59. The summed E-state index contributed by atoms with van der Waals surface area (Å²) in [5.74, 6) is 1.21. The number of fused-ring (bicyclic) bond motifs is 1. The zero-order valence-corrected chi connectivity index (χ0v) is 25.3. The van der Waals surface area contributed by atoms with Crippen molar-refractivity contribution in [3.05, 3.63) is 70.8 Å². The molecule has 4 rings (SSSR count). The predicted molar refractivity (Wildman–Crippen MR) is 161 cm³/mol.